The first kappa shape index (κ1) is 15.9. The van der Waals surface area contributed by atoms with Crippen molar-refractivity contribution in [3.63, 3.8) is 0 Å². The lowest BCUT2D eigenvalue weighted by Gasteiger charge is -2.25. The summed E-state index contributed by atoms with van der Waals surface area (Å²) in [6.07, 6.45) is 0.840. The smallest absolute Gasteiger partial charge is 0.303 e. The maximum atomic E-state index is 11.8. The highest BCUT2D eigenvalue weighted by Gasteiger charge is 2.26. The summed E-state index contributed by atoms with van der Waals surface area (Å²) in [7, 11) is 0. The third-order valence-corrected chi connectivity index (χ3v) is 2.78. The lowest BCUT2D eigenvalue weighted by atomic mass is 10.0. The lowest BCUT2D eigenvalue weighted by molar-refractivity contribution is -0.138. The van der Waals surface area contributed by atoms with Crippen LogP contribution < -0.4 is 10.6 Å². The van der Waals surface area contributed by atoms with E-state index in [9.17, 15) is 9.59 Å². The fourth-order valence-corrected chi connectivity index (χ4v) is 1.59. The number of aliphatic carboxylic acids is 1. The molecule has 0 aliphatic carbocycles. The van der Waals surface area contributed by atoms with Crippen molar-refractivity contribution in [2.45, 2.75) is 46.1 Å². The van der Waals surface area contributed by atoms with Crippen molar-refractivity contribution in [1.29, 1.82) is 0 Å². The molecule has 1 amide bonds. The van der Waals surface area contributed by atoms with Crippen molar-refractivity contribution in [1.82, 2.24) is 10.6 Å². The summed E-state index contributed by atoms with van der Waals surface area (Å²) in [5.41, 5.74) is -0.615. The van der Waals surface area contributed by atoms with Crippen LogP contribution in [0.1, 0.15) is 40.5 Å². The van der Waals surface area contributed by atoms with Crippen LogP contribution in [0.15, 0.2) is 0 Å². The van der Waals surface area contributed by atoms with Crippen LogP contribution in [0.4, 0.5) is 0 Å². The predicted molar refractivity (Wildman–Crippen MR) is 66.8 cm³/mol. The Morgan fingerprint density at radius 3 is 2.29 bits per heavy atom. The van der Waals surface area contributed by atoms with Crippen LogP contribution >= 0.6 is 0 Å². The highest BCUT2D eigenvalue weighted by atomic mass is 16.4. The first-order chi connectivity index (χ1) is 7.83. The van der Waals surface area contributed by atoms with Crippen molar-refractivity contribution < 1.29 is 14.7 Å². The second-order valence-corrected chi connectivity index (χ2v) is 4.74. The molecule has 0 radical (unpaired) electrons. The Morgan fingerprint density at radius 1 is 1.29 bits per heavy atom. The molecule has 0 bridgehead atoms. The number of likely N-dealkylation sites (N-methyl/N-ethyl adjacent to an activating group) is 1. The van der Waals surface area contributed by atoms with Crippen LogP contribution in [-0.4, -0.2) is 35.6 Å². The van der Waals surface area contributed by atoms with Crippen molar-refractivity contribution in [3.8, 4) is 0 Å². The summed E-state index contributed by atoms with van der Waals surface area (Å²) >= 11 is 0. The molecular formula is C12H24N2O3. The number of rotatable bonds is 8. The van der Waals surface area contributed by atoms with E-state index in [2.05, 4.69) is 10.6 Å². The Labute approximate surface area is 103 Å². The average molecular weight is 244 g/mol. The number of hydrogen-bond donors (Lipinski definition) is 3. The van der Waals surface area contributed by atoms with Crippen LogP contribution in [0.3, 0.4) is 0 Å². The molecule has 0 saturated carbocycles. The van der Waals surface area contributed by atoms with Gasteiger partial charge in [0.05, 0.1) is 5.54 Å². The molecule has 1 atom stereocenters. The summed E-state index contributed by atoms with van der Waals surface area (Å²) in [6, 6.07) is 0. The monoisotopic (exact) mass is 244 g/mol. The molecule has 17 heavy (non-hydrogen) atoms. The Balaban J connectivity index is 4.16. The van der Waals surface area contributed by atoms with E-state index in [4.69, 9.17) is 5.11 Å². The summed E-state index contributed by atoms with van der Waals surface area (Å²) in [6.45, 7) is 8.61. The van der Waals surface area contributed by atoms with E-state index in [-0.39, 0.29) is 18.2 Å². The highest BCUT2D eigenvalue weighted by Crippen LogP contribution is 2.08. The van der Waals surface area contributed by atoms with Crippen molar-refractivity contribution in [2.75, 3.05) is 13.1 Å². The highest BCUT2D eigenvalue weighted by molar-refractivity contribution is 5.85. The van der Waals surface area contributed by atoms with Crippen molar-refractivity contribution >= 4 is 11.9 Å². The van der Waals surface area contributed by atoms with Gasteiger partial charge in [0.1, 0.15) is 0 Å². The Kier molecular flexibility index (Phi) is 6.80. The van der Waals surface area contributed by atoms with Gasteiger partial charge in [0.25, 0.3) is 0 Å². The van der Waals surface area contributed by atoms with Gasteiger partial charge in [-0.25, -0.2) is 0 Å². The van der Waals surface area contributed by atoms with E-state index in [1.807, 2.05) is 27.7 Å². The van der Waals surface area contributed by atoms with E-state index in [0.717, 1.165) is 6.42 Å². The molecule has 100 valence electrons. The third kappa shape index (κ3) is 6.26. The van der Waals surface area contributed by atoms with Crippen LogP contribution in [0, 0.1) is 5.92 Å². The predicted octanol–water partition coefficient (Wildman–Crippen LogP) is 0.992. The molecule has 0 aliphatic heterocycles. The molecule has 0 spiro atoms. The van der Waals surface area contributed by atoms with Crippen LogP contribution in [0.25, 0.3) is 0 Å². The minimum Gasteiger partial charge on any atom is -0.481 e. The molecule has 3 N–H and O–H groups in total. The second-order valence-electron chi connectivity index (χ2n) is 4.74. The van der Waals surface area contributed by atoms with Gasteiger partial charge < -0.3 is 15.7 Å². The van der Waals surface area contributed by atoms with Crippen molar-refractivity contribution in [2.24, 2.45) is 5.92 Å². The quantitative estimate of drug-likeness (QED) is 0.595. The molecule has 0 saturated heterocycles. The van der Waals surface area contributed by atoms with Gasteiger partial charge in [-0.05, 0) is 26.3 Å². The zero-order valence-electron chi connectivity index (χ0n) is 11.2. The van der Waals surface area contributed by atoms with Gasteiger partial charge >= 0.3 is 5.97 Å². The largest absolute Gasteiger partial charge is 0.481 e. The van der Waals surface area contributed by atoms with E-state index in [0.29, 0.717) is 13.1 Å². The number of carbonyl (C=O) groups excluding carboxylic acids is 1. The summed E-state index contributed by atoms with van der Waals surface area (Å²) < 4.78 is 0. The zero-order chi connectivity index (χ0) is 13.5. The summed E-state index contributed by atoms with van der Waals surface area (Å²) in [5, 5.41) is 14.6. The molecule has 0 heterocycles. The molecule has 0 aromatic heterocycles. The topological polar surface area (TPSA) is 78.4 Å². The van der Waals surface area contributed by atoms with Crippen LogP contribution in [0.5, 0.6) is 0 Å². The van der Waals surface area contributed by atoms with E-state index >= 15 is 0 Å². The summed E-state index contributed by atoms with van der Waals surface area (Å²) in [4.78, 5) is 22.4. The maximum absolute atomic E-state index is 11.8. The minimum absolute atomic E-state index is 0.00567. The maximum Gasteiger partial charge on any atom is 0.303 e. The molecule has 0 aromatic carbocycles. The molecule has 5 nitrogen and oxygen atoms in total. The molecule has 0 aliphatic rings. The first-order valence-corrected chi connectivity index (χ1v) is 6.08. The van der Waals surface area contributed by atoms with Crippen LogP contribution in [0.2, 0.25) is 0 Å². The molecule has 1 unspecified atom stereocenters. The van der Waals surface area contributed by atoms with Gasteiger partial charge in [-0.3, -0.25) is 9.59 Å². The Bertz CT molecular complexity index is 264. The number of hydrogen-bond acceptors (Lipinski definition) is 3. The zero-order valence-corrected chi connectivity index (χ0v) is 11.2. The second kappa shape index (κ2) is 7.27. The van der Waals surface area contributed by atoms with Gasteiger partial charge in [0.15, 0.2) is 0 Å². The number of carboxylic acids is 1. The number of carbonyl (C=O) groups is 2. The van der Waals surface area contributed by atoms with Crippen molar-refractivity contribution in [3.05, 3.63) is 0 Å². The number of carboxylic acid groups (broad SMARTS) is 1. The number of nitrogens with one attached hydrogen (secondary N) is 2. The molecule has 5 heteroatoms. The van der Waals surface area contributed by atoms with Gasteiger partial charge in [-0.1, -0.05) is 20.3 Å². The van der Waals surface area contributed by atoms with Crippen LogP contribution in [-0.2, 0) is 9.59 Å². The number of amides is 1. The lowest BCUT2D eigenvalue weighted by Crippen LogP contribution is -2.53. The normalized spacial score (nSPS) is 13.2. The molecular weight excluding hydrogens is 220 g/mol. The molecule has 0 rings (SSSR count). The average Bonchev–Trinajstić information content (AvgIpc) is 2.22. The fourth-order valence-electron chi connectivity index (χ4n) is 1.59. The molecule has 0 aromatic rings. The standard InChI is InChI=1S/C12H24N2O3/c1-5-9(7-10(15)16)8-13-11(17)12(3,4)14-6-2/h9,14H,5-8H2,1-4H3,(H,13,17)(H,15,16). The third-order valence-electron chi connectivity index (χ3n) is 2.78. The molecule has 0 fully saturated rings. The SMILES string of the molecule is CCNC(C)(C)C(=O)NCC(CC)CC(=O)O. The minimum atomic E-state index is -0.822. The van der Waals surface area contributed by atoms with Gasteiger partial charge in [-0.2, -0.15) is 0 Å². The van der Waals surface area contributed by atoms with E-state index in [1.165, 1.54) is 0 Å². The summed E-state index contributed by atoms with van der Waals surface area (Å²) in [5.74, 6) is -0.922. The Morgan fingerprint density at radius 2 is 1.88 bits per heavy atom. The van der Waals surface area contributed by atoms with E-state index in [1.54, 1.807) is 0 Å². The first-order valence-electron chi connectivity index (χ1n) is 6.08. The van der Waals surface area contributed by atoms with E-state index < -0.39 is 11.5 Å². The fraction of sp³-hybridized carbons (Fsp3) is 0.833. The van der Waals surface area contributed by atoms with Gasteiger partial charge in [0.2, 0.25) is 5.91 Å². The van der Waals surface area contributed by atoms with Gasteiger partial charge in [0, 0.05) is 13.0 Å². The Hall–Kier alpha value is -1.10. The van der Waals surface area contributed by atoms with Gasteiger partial charge in [-0.15, -0.1) is 0 Å².